The van der Waals surface area contributed by atoms with Crippen molar-refractivity contribution in [1.29, 1.82) is 0 Å². The van der Waals surface area contributed by atoms with Gasteiger partial charge in [-0.2, -0.15) is 0 Å². The second kappa shape index (κ2) is 16.7. The number of hydrogen-bond donors (Lipinski definition) is 0. The van der Waals surface area contributed by atoms with Crippen molar-refractivity contribution in [3.8, 4) is 56.3 Å². The van der Waals surface area contributed by atoms with E-state index < -0.39 is 0 Å². The monoisotopic (exact) mass is 966 g/mol. The van der Waals surface area contributed by atoms with E-state index in [1.165, 1.54) is 38.4 Å². The van der Waals surface area contributed by atoms with Gasteiger partial charge in [0.25, 0.3) is 0 Å². The van der Waals surface area contributed by atoms with Crippen molar-refractivity contribution in [2.45, 2.75) is 52.4 Å². The predicted octanol–water partition coefficient (Wildman–Crippen LogP) is 19.0. The lowest BCUT2D eigenvalue weighted by Gasteiger charge is -2.26. The Morgan fingerprint density at radius 2 is 1.05 bits per heavy atom. The summed E-state index contributed by atoms with van der Waals surface area (Å²) in [7, 11) is 0. The standard InChI is InChI=1S/C70H54N4O/c1-69(2,3)49-35-36-71-64(41-49)73-59-27-17-15-25-51(59)52-32-30-48(39-62(52)73)54-37-47-23-13-14-24-50(47)65-55(54)42-56(67-66(65)53-33-29-46(40-63(53)75-67)44-21-11-8-12-22-44)68-72-58-26-16-18-28-61(58)74(68)60-34-31-45(38-57(60)70(4,5)6)43-19-9-7-10-20-43/h7-42H,1-6H3. The molecule has 0 saturated carbocycles. The van der Waals surface area contributed by atoms with Crippen molar-refractivity contribution in [3.63, 3.8) is 0 Å². The van der Waals surface area contributed by atoms with Crippen molar-refractivity contribution in [2.24, 2.45) is 0 Å². The molecule has 0 aliphatic carbocycles. The summed E-state index contributed by atoms with van der Waals surface area (Å²) >= 11 is 0. The van der Waals surface area contributed by atoms with Crippen LogP contribution in [0.5, 0.6) is 0 Å². The van der Waals surface area contributed by atoms with Crippen LogP contribution in [0.3, 0.4) is 0 Å². The lowest BCUT2D eigenvalue weighted by atomic mass is 9.83. The second-order valence-electron chi connectivity index (χ2n) is 22.2. The first-order valence-corrected chi connectivity index (χ1v) is 26.1. The summed E-state index contributed by atoms with van der Waals surface area (Å²) in [5.74, 6) is 1.73. The first-order chi connectivity index (χ1) is 36.5. The van der Waals surface area contributed by atoms with Crippen LogP contribution in [0, 0.1) is 0 Å². The van der Waals surface area contributed by atoms with Gasteiger partial charge in [0.05, 0.1) is 33.3 Å². The zero-order chi connectivity index (χ0) is 50.7. The van der Waals surface area contributed by atoms with E-state index in [-0.39, 0.29) is 10.8 Å². The molecule has 4 heterocycles. The largest absolute Gasteiger partial charge is 0.455 e. The van der Waals surface area contributed by atoms with Crippen molar-refractivity contribution in [2.75, 3.05) is 0 Å². The first kappa shape index (κ1) is 44.6. The van der Waals surface area contributed by atoms with Crippen LogP contribution < -0.4 is 0 Å². The summed E-state index contributed by atoms with van der Waals surface area (Å²) in [5.41, 5.74) is 16.9. The predicted molar refractivity (Wildman–Crippen MR) is 315 cm³/mol. The third-order valence-corrected chi connectivity index (χ3v) is 15.4. The number of pyridine rings is 1. The summed E-state index contributed by atoms with van der Waals surface area (Å²) in [4.78, 5) is 10.7. The third-order valence-electron chi connectivity index (χ3n) is 15.4. The van der Waals surface area contributed by atoms with Gasteiger partial charge >= 0.3 is 0 Å². The molecule has 0 atom stereocenters. The average molecular weight is 967 g/mol. The molecule has 10 aromatic carbocycles. The van der Waals surface area contributed by atoms with Gasteiger partial charge in [0.2, 0.25) is 0 Å². The van der Waals surface area contributed by atoms with Gasteiger partial charge in [0.1, 0.15) is 22.8 Å². The number of rotatable bonds is 6. The van der Waals surface area contributed by atoms with Gasteiger partial charge in [-0.05, 0) is 144 Å². The molecular formula is C70H54N4O. The Morgan fingerprint density at radius 1 is 0.413 bits per heavy atom. The van der Waals surface area contributed by atoms with Crippen molar-refractivity contribution < 1.29 is 4.42 Å². The van der Waals surface area contributed by atoms with E-state index in [9.17, 15) is 0 Å². The van der Waals surface area contributed by atoms with Gasteiger partial charge < -0.3 is 4.42 Å². The van der Waals surface area contributed by atoms with Crippen LogP contribution in [-0.4, -0.2) is 19.1 Å². The Labute approximate surface area is 436 Å². The van der Waals surface area contributed by atoms with Gasteiger partial charge in [-0.25, -0.2) is 9.97 Å². The lowest BCUT2D eigenvalue weighted by Crippen LogP contribution is -2.16. The fourth-order valence-corrected chi connectivity index (χ4v) is 11.7. The molecule has 5 nitrogen and oxygen atoms in total. The molecule has 360 valence electrons. The summed E-state index contributed by atoms with van der Waals surface area (Å²) in [6, 6.07) is 77.1. The number of nitrogens with zero attached hydrogens (tertiary/aromatic N) is 4. The highest BCUT2D eigenvalue weighted by Gasteiger charge is 2.28. The van der Waals surface area contributed by atoms with Gasteiger partial charge in [-0.3, -0.25) is 9.13 Å². The fraction of sp³-hybridized carbons (Fsp3) is 0.114. The van der Waals surface area contributed by atoms with E-state index >= 15 is 0 Å². The van der Waals surface area contributed by atoms with E-state index in [4.69, 9.17) is 14.4 Å². The van der Waals surface area contributed by atoms with Crippen molar-refractivity contribution in [3.05, 3.63) is 230 Å². The average Bonchev–Trinajstić information content (AvgIpc) is 4.23. The molecule has 0 radical (unpaired) electrons. The minimum absolute atomic E-state index is 0.0461. The highest BCUT2D eigenvalue weighted by Crippen LogP contribution is 2.49. The molecule has 0 aliphatic rings. The normalized spacial score (nSPS) is 12.4. The summed E-state index contributed by atoms with van der Waals surface area (Å²) in [6.45, 7) is 13.7. The quantitative estimate of drug-likeness (QED) is 0.156. The Morgan fingerprint density at radius 3 is 1.81 bits per heavy atom. The number of imidazole rings is 1. The molecule has 14 rings (SSSR count). The van der Waals surface area contributed by atoms with Crippen molar-refractivity contribution in [1.82, 2.24) is 19.1 Å². The van der Waals surface area contributed by atoms with Crippen LogP contribution in [0.4, 0.5) is 0 Å². The van der Waals surface area contributed by atoms with E-state index in [0.717, 1.165) is 105 Å². The van der Waals surface area contributed by atoms with Crippen LogP contribution >= 0.6 is 0 Å². The number of benzene rings is 10. The molecule has 0 N–H and O–H groups in total. The molecule has 0 fully saturated rings. The van der Waals surface area contributed by atoms with Crippen LogP contribution in [0.1, 0.15) is 52.7 Å². The lowest BCUT2D eigenvalue weighted by molar-refractivity contribution is 0.587. The van der Waals surface area contributed by atoms with Crippen LogP contribution in [0.25, 0.3) is 133 Å². The topological polar surface area (TPSA) is 48.8 Å². The minimum Gasteiger partial charge on any atom is -0.455 e. The number of fused-ring (bicyclic) bond motifs is 11. The fourth-order valence-electron chi connectivity index (χ4n) is 11.7. The molecule has 0 bridgehead atoms. The maximum Gasteiger partial charge on any atom is 0.149 e. The Balaban J connectivity index is 1.11. The number of hydrogen-bond acceptors (Lipinski definition) is 3. The van der Waals surface area contributed by atoms with Crippen molar-refractivity contribution >= 4 is 76.3 Å². The summed E-state index contributed by atoms with van der Waals surface area (Å²) in [5, 5.41) is 9.10. The Bertz CT molecular complexity index is 4600. The van der Waals surface area contributed by atoms with E-state index in [0.29, 0.717) is 0 Å². The zero-order valence-corrected chi connectivity index (χ0v) is 43.0. The molecule has 0 spiro atoms. The minimum atomic E-state index is -0.217. The van der Waals surface area contributed by atoms with Gasteiger partial charge in [-0.15, -0.1) is 0 Å². The Kier molecular flexibility index (Phi) is 9.96. The number of aromatic nitrogens is 4. The highest BCUT2D eigenvalue weighted by atomic mass is 16.3. The Hall–Kier alpha value is -9.06. The number of para-hydroxylation sites is 3. The summed E-state index contributed by atoms with van der Waals surface area (Å²) in [6.07, 6.45) is 1.96. The van der Waals surface area contributed by atoms with Gasteiger partial charge in [0, 0.05) is 33.1 Å². The molecule has 0 amide bonds. The smallest absolute Gasteiger partial charge is 0.149 e. The SMILES string of the molecule is CC(C)(C)c1ccnc(-n2c3ccccc3c3ccc(-c4cc5ccccc5c5c4cc(-c4nc6ccccc6n4-c4ccc(-c6ccccc6)cc4C(C)(C)C)c4oc6cc(-c7ccccc7)ccc6c45)cc32)c1. The summed E-state index contributed by atoms with van der Waals surface area (Å²) < 4.78 is 12.1. The molecule has 0 saturated heterocycles. The van der Waals surface area contributed by atoms with E-state index in [1.807, 2.05) is 6.20 Å². The molecule has 0 unspecified atom stereocenters. The molecule has 0 aliphatic heterocycles. The zero-order valence-electron chi connectivity index (χ0n) is 43.0. The van der Waals surface area contributed by atoms with Gasteiger partial charge in [0.15, 0.2) is 0 Å². The van der Waals surface area contributed by atoms with Crippen LogP contribution in [-0.2, 0) is 10.8 Å². The van der Waals surface area contributed by atoms with Gasteiger partial charge in [-0.1, -0.05) is 181 Å². The maximum atomic E-state index is 7.39. The van der Waals surface area contributed by atoms with E-state index in [2.05, 4.69) is 263 Å². The molecule has 4 aromatic heterocycles. The van der Waals surface area contributed by atoms with Crippen LogP contribution in [0.15, 0.2) is 223 Å². The van der Waals surface area contributed by atoms with Crippen LogP contribution in [0.2, 0.25) is 0 Å². The van der Waals surface area contributed by atoms with E-state index in [1.54, 1.807) is 0 Å². The molecule has 75 heavy (non-hydrogen) atoms. The third kappa shape index (κ3) is 7.21. The maximum absolute atomic E-state index is 7.39. The highest BCUT2D eigenvalue weighted by molar-refractivity contribution is 6.31. The first-order valence-electron chi connectivity index (χ1n) is 26.1. The molecule has 5 heteroatoms. The molecule has 14 aromatic rings. The molecular weight excluding hydrogens is 913 g/mol. The number of furan rings is 1. The second-order valence-corrected chi connectivity index (χ2v) is 22.2.